The van der Waals surface area contributed by atoms with Gasteiger partial charge in [0.25, 0.3) is 10.0 Å². The first kappa shape index (κ1) is 15.5. The van der Waals surface area contributed by atoms with Crippen molar-refractivity contribution in [1.29, 1.82) is 0 Å². The Labute approximate surface area is 122 Å². The van der Waals surface area contributed by atoms with Gasteiger partial charge in [0.05, 0.1) is 10.5 Å². The van der Waals surface area contributed by atoms with Crippen LogP contribution in [0.4, 0.5) is 19.0 Å². The minimum atomic E-state index is -4.80. The molecular formula is C11H7ClF3N3O2S. The van der Waals surface area contributed by atoms with Gasteiger partial charge in [-0.15, -0.1) is 0 Å². The molecule has 2 rings (SSSR count). The van der Waals surface area contributed by atoms with Crippen molar-refractivity contribution in [2.75, 3.05) is 4.72 Å². The minimum absolute atomic E-state index is 0.230. The van der Waals surface area contributed by atoms with E-state index in [1.165, 1.54) is 18.3 Å². The topological polar surface area (TPSA) is 72.0 Å². The van der Waals surface area contributed by atoms with Crippen molar-refractivity contribution in [3.63, 3.8) is 0 Å². The fourth-order valence-corrected chi connectivity index (χ4v) is 2.90. The van der Waals surface area contributed by atoms with Gasteiger partial charge in [-0.25, -0.2) is 13.4 Å². The number of nitrogens with zero attached hydrogens (tertiary/aromatic N) is 2. The lowest BCUT2D eigenvalue weighted by Crippen LogP contribution is -2.19. The van der Waals surface area contributed by atoms with Gasteiger partial charge in [-0.1, -0.05) is 12.1 Å². The number of halogens is 4. The van der Waals surface area contributed by atoms with Gasteiger partial charge in [0, 0.05) is 6.20 Å². The summed E-state index contributed by atoms with van der Waals surface area (Å²) in [6.45, 7) is 0. The summed E-state index contributed by atoms with van der Waals surface area (Å²) in [5.74, 6) is -0.230. The summed E-state index contributed by atoms with van der Waals surface area (Å²) < 4.78 is 64.6. The van der Waals surface area contributed by atoms with E-state index in [1.54, 1.807) is 0 Å². The molecule has 1 heterocycles. The first-order chi connectivity index (χ1) is 9.70. The van der Waals surface area contributed by atoms with Gasteiger partial charge in [-0.05, 0) is 29.8 Å². The third kappa shape index (κ3) is 3.61. The molecule has 0 bridgehead atoms. The highest BCUT2D eigenvalue weighted by molar-refractivity contribution is 7.92. The zero-order valence-electron chi connectivity index (χ0n) is 10.1. The molecule has 0 aliphatic carbocycles. The zero-order chi connectivity index (χ0) is 15.7. The van der Waals surface area contributed by atoms with E-state index in [0.29, 0.717) is 6.07 Å². The predicted octanol–water partition coefficient (Wildman–Crippen LogP) is 2.95. The zero-order valence-corrected chi connectivity index (χ0v) is 11.7. The summed E-state index contributed by atoms with van der Waals surface area (Å²) in [5, 5.41) is -0.237. The van der Waals surface area contributed by atoms with Crippen molar-refractivity contribution in [1.82, 2.24) is 9.97 Å². The van der Waals surface area contributed by atoms with Crippen LogP contribution in [-0.2, 0) is 16.2 Å². The number of aromatic nitrogens is 2. The molecule has 0 aliphatic rings. The van der Waals surface area contributed by atoms with Gasteiger partial charge >= 0.3 is 6.18 Å². The van der Waals surface area contributed by atoms with Gasteiger partial charge < -0.3 is 0 Å². The Morgan fingerprint density at radius 3 is 2.43 bits per heavy atom. The Bertz CT molecular complexity index is 765. The third-order valence-corrected chi connectivity index (χ3v) is 3.94. The molecule has 1 aromatic carbocycles. The van der Waals surface area contributed by atoms with Crippen LogP contribution in [0.5, 0.6) is 0 Å². The molecule has 1 aromatic heterocycles. The van der Waals surface area contributed by atoms with Crippen LogP contribution >= 0.6 is 11.6 Å². The number of alkyl halides is 3. The molecule has 1 N–H and O–H groups in total. The third-order valence-electron chi connectivity index (χ3n) is 2.35. The molecule has 2 aromatic rings. The quantitative estimate of drug-likeness (QED) is 0.874. The van der Waals surface area contributed by atoms with Crippen molar-refractivity contribution >= 4 is 27.4 Å². The number of rotatable bonds is 3. The van der Waals surface area contributed by atoms with E-state index in [-0.39, 0.29) is 11.1 Å². The summed E-state index contributed by atoms with van der Waals surface area (Å²) in [6, 6.07) is 5.00. The van der Waals surface area contributed by atoms with Gasteiger partial charge in [0.2, 0.25) is 5.28 Å². The molecule has 0 fully saturated rings. The molecule has 0 radical (unpaired) electrons. The van der Waals surface area contributed by atoms with Crippen molar-refractivity contribution in [3.05, 3.63) is 47.4 Å². The summed E-state index contributed by atoms with van der Waals surface area (Å²) >= 11 is 5.49. The van der Waals surface area contributed by atoms with Crippen molar-refractivity contribution in [2.24, 2.45) is 0 Å². The lowest BCUT2D eigenvalue weighted by molar-refractivity contribution is -0.139. The largest absolute Gasteiger partial charge is 0.417 e. The Morgan fingerprint density at radius 2 is 1.81 bits per heavy atom. The molecule has 112 valence electrons. The van der Waals surface area contributed by atoms with Crippen molar-refractivity contribution < 1.29 is 21.6 Å². The first-order valence-electron chi connectivity index (χ1n) is 5.38. The van der Waals surface area contributed by atoms with E-state index in [4.69, 9.17) is 11.6 Å². The maximum absolute atomic E-state index is 12.8. The summed E-state index contributed by atoms with van der Waals surface area (Å²) in [4.78, 5) is 6.20. The van der Waals surface area contributed by atoms with E-state index in [9.17, 15) is 21.6 Å². The number of hydrogen-bond donors (Lipinski definition) is 1. The predicted molar refractivity (Wildman–Crippen MR) is 69.3 cm³/mol. The van der Waals surface area contributed by atoms with Crippen LogP contribution in [-0.4, -0.2) is 18.4 Å². The van der Waals surface area contributed by atoms with E-state index in [2.05, 4.69) is 9.97 Å². The fourth-order valence-electron chi connectivity index (χ4n) is 1.52. The number of hydrogen-bond acceptors (Lipinski definition) is 4. The number of anilines is 1. The maximum atomic E-state index is 12.8. The van der Waals surface area contributed by atoms with Crippen LogP contribution in [0.25, 0.3) is 0 Å². The molecule has 0 amide bonds. The Kier molecular flexibility index (Phi) is 4.06. The normalized spacial score (nSPS) is 12.2. The second kappa shape index (κ2) is 5.49. The lowest BCUT2D eigenvalue weighted by Gasteiger charge is -2.13. The SMILES string of the molecule is O=S(=O)(Nc1ccnc(Cl)n1)c1ccccc1C(F)(F)F. The minimum Gasteiger partial charge on any atom is -0.263 e. The second-order valence-electron chi connectivity index (χ2n) is 3.81. The van der Waals surface area contributed by atoms with E-state index in [0.717, 1.165) is 12.1 Å². The van der Waals surface area contributed by atoms with Crippen LogP contribution in [0.2, 0.25) is 5.28 Å². The van der Waals surface area contributed by atoms with Gasteiger partial charge in [-0.3, -0.25) is 4.72 Å². The summed E-state index contributed by atoms with van der Waals surface area (Å²) in [5.41, 5.74) is -1.27. The van der Waals surface area contributed by atoms with E-state index < -0.39 is 26.7 Å². The van der Waals surface area contributed by atoms with E-state index in [1.807, 2.05) is 4.72 Å². The molecule has 0 saturated carbocycles. The average molecular weight is 338 g/mol. The van der Waals surface area contributed by atoms with Gasteiger partial charge in [-0.2, -0.15) is 18.2 Å². The maximum Gasteiger partial charge on any atom is 0.417 e. The van der Waals surface area contributed by atoms with Gasteiger partial charge in [0.15, 0.2) is 0 Å². The van der Waals surface area contributed by atoms with Crippen LogP contribution in [0.1, 0.15) is 5.56 Å². The number of sulfonamides is 1. The fraction of sp³-hybridized carbons (Fsp3) is 0.0909. The highest BCUT2D eigenvalue weighted by atomic mass is 35.5. The van der Waals surface area contributed by atoms with Gasteiger partial charge in [0.1, 0.15) is 5.82 Å². The molecule has 0 aliphatic heterocycles. The molecule has 21 heavy (non-hydrogen) atoms. The smallest absolute Gasteiger partial charge is 0.263 e. The molecule has 0 atom stereocenters. The average Bonchev–Trinajstić information content (AvgIpc) is 2.37. The van der Waals surface area contributed by atoms with Crippen LogP contribution in [0.15, 0.2) is 41.4 Å². The molecule has 0 saturated heterocycles. The first-order valence-corrected chi connectivity index (χ1v) is 7.24. The van der Waals surface area contributed by atoms with Crippen LogP contribution in [0, 0.1) is 0 Å². The standard InChI is InChI=1S/C11H7ClF3N3O2S/c12-10-16-6-5-9(17-10)18-21(19,20)8-4-2-1-3-7(8)11(13,14)15/h1-6H,(H,16,17,18). The van der Waals surface area contributed by atoms with Crippen LogP contribution < -0.4 is 4.72 Å². The Balaban J connectivity index is 2.46. The monoisotopic (exact) mass is 337 g/mol. The molecule has 10 heteroatoms. The molecule has 0 spiro atoms. The summed E-state index contributed by atoms with van der Waals surface area (Å²) in [7, 11) is -4.46. The number of benzene rings is 1. The molecule has 5 nitrogen and oxygen atoms in total. The number of nitrogens with one attached hydrogen (secondary N) is 1. The Hall–Kier alpha value is -1.87. The van der Waals surface area contributed by atoms with Crippen molar-refractivity contribution in [2.45, 2.75) is 11.1 Å². The molecular weight excluding hydrogens is 331 g/mol. The lowest BCUT2D eigenvalue weighted by atomic mass is 10.2. The Morgan fingerprint density at radius 1 is 1.14 bits per heavy atom. The highest BCUT2D eigenvalue weighted by Gasteiger charge is 2.36. The van der Waals surface area contributed by atoms with Crippen LogP contribution in [0.3, 0.4) is 0 Å². The van der Waals surface area contributed by atoms with Crippen molar-refractivity contribution in [3.8, 4) is 0 Å². The summed E-state index contributed by atoms with van der Waals surface area (Å²) in [6.07, 6.45) is -3.63. The highest BCUT2D eigenvalue weighted by Crippen LogP contribution is 2.34. The van der Waals surface area contributed by atoms with E-state index >= 15 is 0 Å². The molecule has 0 unspecified atom stereocenters. The second-order valence-corrected chi connectivity index (χ2v) is 5.80.